The predicted molar refractivity (Wildman–Crippen MR) is 131 cm³/mol. The molecule has 2 aromatic carbocycles. The molecule has 7 nitrogen and oxygen atoms in total. The average Bonchev–Trinajstić information content (AvgIpc) is 2.83. The first-order valence-electron chi connectivity index (χ1n) is 11.6. The topological polar surface area (TPSA) is 84.9 Å². The molecule has 0 bridgehead atoms. The van der Waals surface area contributed by atoms with Crippen molar-refractivity contribution in [1.82, 2.24) is 9.84 Å². The standard InChI is InChI=1S/C25H33ClN2O5S/c1-19(2)6-15-24(29)28(34(30,31)23-13-11-22(26)12-14-23)27-17-20-7-9-21(10-8-20)18-33-25-5-3-4-16-32-25/h7-14,19,25,27H,3-6,15-18H2,1-2H3. The van der Waals surface area contributed by atoms with Crippen molar-refractivity contribution in [3.63, 3.8) is 0 Å². The van der Waals surface area contributed by atoms with E-state index in [4.69, 9.17) is 21.1 Å². The van der Waals surface area contributed by atoms with Crippen molar-refractivity contribution in [2.75, 3.05) is 6.61 Å². The predicted octanol–water partition coefficient (Wildman–Crippen LogP) is 5.04. The molecule has 3 rings (SSSR count). The van der Waals surface area contributed by atoms with Gasteiger partial charge in [0, 0.05) is 24.6 Å². The van der Waals surface area contributed by atoms with Gasteiger partial charge in [0.05, 0.1) is 11.5 Å². The van der Waals surface area contributed by atoms with Gasteiger partial charge >= 0.3 is 0 Å². The summed E-state index contributed by atoms with van der Waals surface area (Å²) < 4.78 is 38.6. The third kappa shape index (κ3) is 7.78. The lowest BCUT2D eigenvalue weighted by Crippen LogP contribution is -2.46. The molecule has 1 aliphatic rings. The Balaban J connectivity index is 1.66. The lowest BCUT2D eigenvalue weighted by atomic mass is 10.1. The fourth-order valence-electron chi connectivity index (χ4n) is 3.48. The summed E-state index contributed by atoms with van der Waals surface area (Å²) in [6, 6.07) is 13.4. The first-order chi connectivity index (χ1) is 16.3. The van der Waals surface area contributed by atoms with Crippen molar-refractivity contribution >= 4 is 27.5 Å². The summed E-state index contributed by atoms with van der Waals surface area (Å²) in [5, 5.41) is 0.420. The summed E-state index contributed by atoms with van der Waals surface area (Å²) in [6.45, 7) is 5.34. The molecular weight excluding hydrogens is 476 g/mol. The Bertz CT molecular complexity index is 1020. The summed E-state index contributed by atoms with van der Waals surface area (Å²) in [5.74, 6) is -0.223. The molecule has 2 aromatic rings. The smallest absolute Gasteiger partial charge is 0.280 e. The molecule has 1 aliphatic heterocycles. The van der Waals surface area contributed by atoms with Gasteiger partial charge in [0.2, 0.25) is 0 Å². The number of hydrogen-bond donors (Lipinski definition) is 1. The molecule has 0 saturated carbocycles. The zero-order valence-electron chi connectivity index (χ0n) is 19.7. The number of nitrogens with one attached hydrogen (secondary N) is 1. The summed E-state index contributed by atoms with van der Waals surface area (Å²) in [7, 11) is -4.08. The summed E-state index contributed by atoms with van der Waals surface area (Å²) >= 11 is 5.90. The molecule has 1 fully saturated rings. The van der Waals surface area contributed by atoms with Crippen LogP contribution in [0.3, 0.4) is 0 Å². The molecule has 9 heteroatoms. The molecule has 1 heterocycles. The van der Waals surface area contributed by atoms with E-state index in [0.717, 1.165) is 41.4 Å². The van der Waals surface area contributed by atoms with Crippen LogP contribution in [0.15, 0.2) is 53.4 Å². The van der Waals surface area contributed by atoms with E-state index in [-0.39, 0.29) is 30.1 Å². The zero-order chi connectivity index (χ0) is 24.6. The highest BCUT2D eigenvalue weighted by atomic mass is 35.5. The summed E-state index contributed by atoms with van der Waals surface area (Å²) in [5.41, 5.74) is 4.66. The molecule has 1 amide bonds. The number of hydrogen-bond acceptors (Lipinski definition) is 6. The van der Waals surface area contributed by atoms with Gasteiger partial charge in [0.15, 0.2) is 6.29 Å². The Kier molecular flexibility index (Phi) is 9.91. The Labute approximate surface area is 207 Å². The molecule has 0 aromatic heterocycles. The van der Waals surface area contributed by atoms with Crippen LogP contribution in [-0.4, -0.2) is 31.6 Å². The Hall–Kier alpha value is -1.97. The van der Waals surface area contributed by atoms with E-state index < -0.39 is 15.9 Å². The number of rotatable bonds is 11. The molecule has 186 valence electrons. The Morgan fingerprint density at radius 3 is 2.41 bits per heavy atom. The number of nitrogens with zero attached hydrogens (tertiary/aromatic N) is 1. The van der Waals surface area contributed by atoms with E-state index in [1.54, 1.807) is 0 Å². The van der Waals surface area contributed by atoms with Gasteiger partial charge < -0.3 is 9.47 Å². The summed E-state index contributed by atoms with van der Waals surface area (Å²) in [6.07, 6.45) is 3.65. The number of hydrazine groups is 1. The highest BCUT2D eigenvalue weighted by Gasteiger charge is 2.29. The first-order valence-corrected chi connectivity index (χ1v) is 13.5. The van der Waals surface area contributed by atoms with E-state index in [9.17, 15) is 13.2 Å². The average molecular weight is 509 g/mol. The highest BCUT2D eigenvalue weighted by molar-refractivity contribution is 7.89. The number of halogens is 1. The number of carbonyl (C=O) groups is 1. The van der Waals surface area contributed by atoms with Gasteiger partial charge in [-0.1, -0.05) is 49.7 Å². The monoisotopic (exact) mass is 508 g/mol. The van der Waals surface area contributed by atoms with Crippen molar-refractivity contribution in [3.05, 3.63) is 64.7 Å². The molecular formula is C25H33ClN2O5S. The fraction of sp³-hybridized carbons (Fsp3) is 0.480. The molecule has 1 atom stereocenters. The van der Waals surface area contributed by atoms with Crippen LogP contribution < -0.4 is 5.43 Å². The van der Waals surface area contributed by atoms with Crippen LogP contribution in [0.5, 0.6) is 0 Å². The third-order valence-electron chi connectivity index (χ3n) is 5.54. The number of amides is 1. The second-order valence-corrected chi connectivity index (χ2v) is 11.0. The maximum Gasteiger partial charge on any atom is 0.280 e. The first kappa shape index (κ1) is 26.6. The minimum Gasteiger partial charge on any atom is -0.353 e. The molecule has 1 saturated heterocycles. The van der Waals surface area contributed by atoms with E-state index >= 15 is 0 Å². The largest absolute Gasteiger partial charge is 0.353 e. The minimum absolute atomic E-state index is 0.000254. The maximum atomic E-state index is 13.2. The molecule has 1 N–H and O–H groups in total. The SMILES string of the molecule is CC(C)CCC(=O)N(NCc1ccc(COC2CCCCO2)cc1)S(=O)(=O)c1ccc(Cl)cc1. The number of benzene rings is 2. The van der Waals surface area contributed by atoms with Crippen LogP contribution in [0.4, 0.5) is 0 Å². The van der Waals surface area contributed by atoms with Crippen LogP contribution >= 0.6 is 11.6 Å². The van der Waals surface area contributed by atoms with E-state index in [1.807, 2.05) is 38.1 Å². The van der Waals surface area contributed by atoms with Crippen LogP contribution in [0, 0.1) is 5.92 Å². The van der Waals surface area contributed by atoms with Gasteiger partial charge in [-0.05, 0) is 67.0 Å². The molecule has 0 spiro atoms. The fourth-order valence-corrected chi connectivity index (χ4v) is 4.89. The lowest BCUT2D eigenvalue weighted by Gasteiger charge is -2.24. The van der Waals surface area contributed by atoms with Crippen LogP contribution in [0.1, 0.15) is 57.1 Å². The van der Waals surface area contributed by atoms with Gasteiger partial charge in [-0.2, -0.15) is 12.8 Å². The van der Waals surface area contributed by atoms with Crippen molar-refractivity contribution in [2.45, 2.75) is 70.3 Å². The number of sulfonamides is 1. The van der Waals surface area contributed by atoms with E-state index in [1.165, 1.54) is 24.3 Å². The van der Waals surface area contributed by atoms with Crippen molar-refractivity contribution < 1.29 is 22.7 Å². The molecule has 0 radical (unpaired) electrons. The van der Waals surface area contributed by atoms with Crippen molar-refractivity contribution in [2.24, 2.45) is 5.92 Å². The Morgan fingerprint density at radius 2 is 1.79 bits per heavy atom. The molecule has 34 heavy (non-hydrogen) atoms. The van der Waals surface area contributed by atoms with Crippen molar-refractivity contribution in [1.29, 1.82) is 0 Å². The third-order valence-corrected chi connectivity index (χ3v) is 7.47. The normalized spacial score (nSPS) is 16.5. The van der Waals surface area contributed by atoms with Gasteiger partial charge in [0.25, 0.3) is 15.9 Å². The van der Waals surface area contributed by atoms with Gasteiger partial charge in [-0.15, -0.1) is 0 Å². The van der Waals surface area contributed by atoms with E-state index in [0.29, 0.717) is 18.1 Å². The number of ether oxygens (including phenoxy) is 2. The van der Waals surface area contributed by atoms with Gasteiger partial charge in [-0.3, -0.25) is 4.79 Å². The quantitative estimate of drug-likeness (QED) is 0.428. The van der Waals surface area contributed by atoms with Crippen LogP contribution in [-0.2, 0) is 37.4 Å². The lowest BCUT2D eigenvalue weighted by molar-refractivity contribution is -0.168. The van der Waals surface area contributed by atoms with Gasteiger partial charge in [0.1, 0.15) is 0 Å². The minimum atomic E-state index is -4.08. The Morgan fingerprint density at radius 1 is 1.12 bits per heavy atom. The number of carbonyl (C=O) groups excluding carboxylic acids is 1. The van der Waals surface area contributed by atoms with Gasteiger partial charge in [-0.25, -0.2) is 5.43 Å². The van der Waals surface area contributed by atoms with E-state index in [2.05, 4.69) is 5.43 Å². The maximum absolute atomic E-state index is 13.2. The van der Waals surface area contributed by atoms with Crippen LogP contribution in [0.25, 0.3) is 0 Å². The summed E-state index contributed by atoms with van der Waals surface area (Å²) in [4.78, 5) is 12.9. The highest BCUT2D eigenvalue weighted by Crippen LogP contribution is 2.20. The molecule has 1 unspecified atom stereocenters. The molecule has 0 aliphatic carbocycles. The zero-order valence-corrected chi connectivity index (χ0v) is 21.3. The second kappa shape index (κ2) is 12.7. The van der Waals surface area contributed by atoms with Crippen molar-refractivity contribution in [3.8, 4) is 0 Å². The van der Waals surface area contributed by atoms with Crippen LogP contribution in [0.2, 0.25) is 5.02 Å². The second-order valence-electron chi connectivity index (χ2n) is 8.81.